The summed E-state index contributed by atoms with van der Waals surface area (Å²) in [7, 11) is -3.30. The molecule has 0 spiro atoms. The topological polar surface area (TPSA) is 52.6 Å². The van der Waals surface area contributed by atoms with Gasteiger partial charge in [-0.3, -0.25) is 0 Å². The molecule has 1 rings (SSSR count). The molecule has 120 valence electrons. The van der Waals surface area contributed by atoms with Crippen molar-refractivity contribution < 1.29 is 17.9 Å². The minimum atomic E-state index is -3.30. The van der Waals surface area contributed by atoms with Gasteiger partial charge in [0.05, 0.1) is 23.3 Å². The molecule has 0 radical (unpaired) electrons. The van der Waals surface area contributed by atoms with E-state index >= 15 is 0 Å². The van der Waals surface area contributed by atoms with Crippen molar-refractivity contribution in [2.75, 3.05) is 19.5 Å². The maximum Gasteiger partial charge on any atom is 0.161 e. The van der Waals surface area contributed by atoms with Crippen LogP contribution in [0.1, 0.15) is 38.6 Å². The molecule has 0 fully saturated rings. The van der Waals surface area contributed by atoms with Gasteiger partial charge in [0.1, 0.15) is 0 Å². The molecule has 21 heavy (non-hydrogen) atoms. The second-order valence-corrected chi connectivity index (χ2v) is 8.34. The molecule has 0 aliphatic heterocycles. The molecule has 0 aromatic heterocycles. The SMILES string of the molecule is CCOc1ccc(C(Cl)C(C)(C)S(C)(=O)=O)cc1OCC. The normalized spacial score (nSPS) is 13.8. The van der Waals surface area contributed by atoms with E-state index in [0.29, 0.717) is 30.3 Å². The molecule has 1 aromatic carbocycles. The van der Waals surface area contributed by atoms with Gasteiger partial charge in [0.25, 0.3) is 0 Å². The van der Waals surface area contributed by atoms with Crippen LogP contribution >= 0.6 is 11.6 Å². The van der Waals surface area contributed by atoms with Gasteiger partial charge in [0.2, 0.25) is 0 Å². The fourth-order valence-electron chi connectivity index (χ4n) is 1.81. The Morgan fingerprint density at radius 3 is 2.14 bits per heavy atom. The summed E-state index contributed by atoms with van der Waals surface area (Å²) >= 11 is 6.41. The first-order valence-electron chi connectivity index (χ1n) is 6.88. The van der Waals surface area contributed by atoms with Crippen LogP contribution in [0.15, 0.2) is 18.2 Å². The summed E-state index contributed by atoms with van der Waals surface area (Å²) in [5, 5.41) is -0.678. The highest BCUT2D eigenvalue weighted by Gasteiger charge is 2.39. The minimum absolute atomic E-state index is 0.492. The van der Waals surface area contributed by atoms with Crippen LogP contribution in [0.3, 0.4) is 0 Å². The molecule has 1 unspecified atom stereocenters. The number of halogens is 1. The van der Waals surface area contributed by atoms with E-state index in [1.165, 1.54) is 6.26 Å². The summed E-state index contributed by atoms with van der Waals surface area (Å²) in [5.41, 5.74) is 0.694. The molecule has 0 bridgehead atoms. The van der Waals surface area contributed by atoms with E-state index in [-0.39, 0.29) is 0 Å². The lowest BCUT2D eigenvalue weighted by atomic mass is 10.0. The van der Waals surface area contributed by atoms with E-state index in [9.17, 15) is 8.42 Å². The zero-order valence-corrected chi connectivity index (χ0v) is 14.7. The number of benzene rings is 1. The van der Waals surface area contributed by atoms with Crippen LogP contribution in [-0.4, -0.2) is 32.6 Å². The Morgan fingerprint density at radius 1 is 1.14 bits per heavy atom. The van der Waals surface area contributed by atoms with Crippen molar-refractivity contribution in [1.29, 1.82) is 0 Å². The lowest BCUT2D eigenvalue weighted by Gasteiger charge is -2.28. The molecule has 0 N–H and O–H groups in total. The molecule has 0 heterocycles. The summed E-state index contributed by atoms with van der Waals surface area (Å²) < 4.78 is 33.8. The molecule has 6 heteroatoms. The maximum atomic E-state index is 11.9. The second kappa shape index (κ2) is 6.88. The highest BCUT2D eigenvalue weighted by molar-refractivity contribution is 7.92. The number of ether oxygens (including phenoxy) is 2. The monoisotopic (exact) mass is 334 g/mol. The van der Waals surface area contributed by atoms with Crippen molar-refractivity contribution in [2.24, 2.45) is 0 Å². The van der Waals surface area contributed by atoms with Crippen molar-refractivity contribution in [3.63, 3.8) is 0 Å². The zero-order chi connectivity index (χ0) is 16.3. The summed E-state index contributed by atoms with van der Waals surface area (Å²) in [6, 6.07) is 5.29. The molecular weight excluding hydrogens is 312 g/mol. The summed E-state index contributed by atoms with van der Waals surface area (Å²) in [5.74, 6) is 1.20. The van der Waals surface area contributed by atoms with Gasteiger partial charge in [-0.05, 0) is 45.4 Å². The Labute approximate surface area is 132 Å². The molecule has 1 aromatic rings. The van der Waals surface area contributed by atoms with Crippen LogP contribution in [0.2, 0.25) is 0 Å². The molecule has 0 saturated carbocycles. The summed E-state index contributed by atoms with van der Waals surface area (Å²) in [6.45, 7) is 8.03. The van der Waals surface area contributed by atoms with Gasteiger partial charge in [-0.2, -0.15) is 0 Å². The maximum absolute atomic E-state index is 11.9. The molecule has 4 nitrogen and oxygen atoms in total. The van der Waals surface area contributed by atoms with E-state index in [1.807, 2.05) is 13.8 Å². The van der Waals surface area contributed by atoms with E-state index in [1.54, 1.807) is 32.0 Å². The van der Waals surface area contributed by atoms with Gasteiger partial charge in [-0.1, -0.05) is 6.07 Å². The van der Waals surface area contributed by atoms with E-state index in [4.69, 9.17) is 21.1 Å². The first-order chi connectivity index (χ1) is 9.65. The fraction of sp³-hybridized carbons (Fsp3) is 0.600. The molecule has 1 atom stereocenters. The van der Waals surface area contributed by atoms with Gasteiger partial charge >= 0.3 is 0 Å². The Hall–Kier alpha value is -0.940. The first kappa shape index (κ1) is 18.1. The van der Waals surface area contributed by atoms with Gasteiger partial charge in [-0.15, -0.1) is 11.6 Å². The van der Waals surface area contributed by atoms with Crippen LogP contribution in [0.25, 0.3) is 0 Å². The van der Waals surface area contributed by atoms with Gasteiger partial charge in [0, 0.05) is 6.26 Å². The average Bonchev–Trinajstić information content (AvgIpc) is 2.39. The predicted molar refractivity (Wildman–Crippen MR) is 86.3 cm³/mol. The number of hydrogen-bond acceptors (Lipinski definition) is 4. The lowest BCUT2D eigenvalue weighted by molar-refractivity contribution is 0.287. The Bertz CT molecular complexity index is 581. The molecule has 0 saturated heterocycles. The smallest absolute Gasteiger partial charge is 0.161 e. The van der Waals surface area contributed by atoms with Crippen LogP contribution in [-0.2, 0) is 9.84 Å². The Morgan fingerprint density at radius 2 is 1.67 bits per heavy atom. The molecule has 0 amide bonds. The van der Waals surface area contributed by atoms with E-state index in [2.05, 4.69) is 0 Å². The van der Waals surface area contributed by atoms with Crippen LogP contribution in [0.4, 0.5) is 0 Å². The van der Waals surface area contributed by atoms with Crippen molar-refractivity contribution in [2.45, 2.75) is 37.8 Å². The Kier molecular flexibility index (Phi) is 5.93. The van der Waals surface area contributed by atoms with Crippen molar-refractivity contribution >= 4 is 21.4 Å². The van der Waals surface area contributed by atoms with E-state index < -0.39 is 20.0 Å². The van der Waals surface area contributed by atoms with Crippen molar-refractivity contribution in [3.05, 3.63) is 23.8 Å². The second-order valence-electron chi connectivity index (χ2n) is 5.31. The van der Waals surface area contributed by atoms with Gasteiger partial charge in [-0.25, -0.2) is 8.42 Å². The lowest BCUT2D eigenvalue weighted by Crippen LogP contribution is -2.35. The highest BCUT2D eigenvalue weighted by atomic mass is 35.5. The number of sulfone groups is 1. The third-order valence-corrected chi connectivity index (χ3v) is 6.50. The van der Waals surface area contributed by atoms with Gasteiger partial charge < -0.3 is 9.47 Å². The standard InChI is InChI=1S/C15H23ClO4S/c1-6-19-12-9-8-11(10-13(12)20-7-2)14(16)15(3,4)21(5,17)18/h8-10,14H,6-7H2,1-5H3. The first-order valence-corrected chi connectivity index (χ1v) is 9.21. The zero-order valence-electron chi connectivity index (χ0n) is 13.1. The van der Waals surface area contributed by atoms with Crippen LogP contribution < -0.4 is 9.47 Å². The highest BCUT2D eigenvalue weighted by Crippen LogP contribution is 2.40. The third-order valence-electron chi connectivity index (χ3n) is 3.43. The van der Waals surface area contributed by atoms with Gasteiger partial charge in [0.15, 0.2) is 21.3 Å². The average molecular weight is 335 g/mol. The number of alkyl halides is 1. The summed E-state index contributed by atoms with van der Waals surface area (Å²) in [6.07, 6.45) is 1.19. The summed E-state index contributed by atoms with van der Waals surface area (Å²) in [4.78, 5) is 0. The third kappa shape index (κ3) is 4.04. The number of rotatable bonds is 7. The molecular formula is C15H23ClO4S. The largest absolute Gasteiger partial charge is 0.490 e. The minimum Gasteiger partial charge on any atom is -0.490 e. The van der Waals surface area contributed by atoms with Crippen LogP contribution in [0, 0.1) is 0 Å². The quantitative estimate of drug-likeness (QED) is 0.715. The van der Waals surface area contributed by atoms with E-state index in [0.717, 1.165) is 0 Å². The van der Waals surface area contributed by atoms with Crippen molar-refractivity contribution in [3.8, 4) is 11.5 Å². The number of hydrogen-bond donors (Lipinski definition) is 0. The molecule has 0 aliphatic carbocycles. The Balaban J connectivity index is 3.22. The fourth-order valence-corrected chi connectivity index (χ4v) is 2.95. The predicted octanol–water partition coefficient (Wildman–Crippen LogP) is 3.59. The van der Waals surface area contributed by atoms with Crippen LogP contribution in [0.5, 0.6) is 11.5 Å². The molecule has 0 aliphatic rings. The van der Waals surface area contributed by atoms with Crippen molar-refractivity contribution in [1.82, 2.24) is 0 Å².